The van der Waals surface area contributed by atoms with Crippen LogP contribution in [0.2, 0.25) is 0 Å². The maximum atomic E-state index is 11.6. The smallest absolute Gasteiger partial charge is 0.319 e. The summed E-state index contributed by atoms with van der Waals surface area (Å²) in [6.07, 6.45) is 2.03. The van der Waals surface area contributed by atoms with Gasteiger partial charge in [0.1, 0.15) is 12.1 Å². The Bertz CT molecular complexity index is 1160. The number of hydrogen-bond acceptors (Lipinski definition) is 10. The van der Waals surface area contributed by atoms with Crippen LogP contribution in [-0.2, 0) is 19.1 Å². The predicted octanol–water partition coefficient (Wildman–Crippen LogP) is 3.56. The molecule has 0 saturated heterocycles. The second kappa shape index (κ2) is 12.9. The molecule has 0 aliphatic heterocycles. The van der Waals surface area contributed by atoms with Crippen LogP contribution < -0.4 is 14.8 Å². The van der Waals surface area contributed by atoms with Gasteiger partial charge in [0.05, 0.1) is 46.5 Å². The van der Waals surface area contributed by atoms with Crippen molar-refractivity contribution in [3.63, 3.8) is 0 Å². The Kier molecular flexibility index (Phi) is 9.62. The van der Waals surface area contributed by atoms with Crippen molar-refractivity contribution in [1.82, 2.24) is 14.9 Å². The third kappa shape index (κ3) is 7.52. The minimum Gasteiger partial charge on any atom is -0.493 e. The van der Waals surface area contributed by atoms with Crippen LogP contribution in [0.25, 0.3) is 10.9 Å². The van der Waals surface area contributed by atoms with Crippen LogP contribution >= 0.6 is 15.9 Å². The monoisotopic (exact) mass is 546 g/mol. The molecule has 11 heteroatoms. The molecule has 0 spiro atoms. The molecular weight excluding hydrogens is 520 g/mol. The molecule has 186 valence electrons. The first-order chi connectivity index (χ1) is 16.9. The number of fused-ring (bicyclic) bond motifs is 1. The first-order valence-corrected chi connectivity index (χ1v) is 11.6. The summed E-state index contributed by atoms with van der Waals surface area (Å²) in [7, 11) is 4.17. The third-order valence-corrected chi connectivity index (χ3v) is 5.54. The fraction of sp³-hybridized carbons (Fsp3) is 0.333. The SMILES string of the molecule is COC(=O)CN(CCCOc1cc2ncnc(Nc3cccc(Br)c3)c2cc1OC)CC(=O)OC. The number of ether oxygens (including phenoxy) is 4. The Morgan fingerprint density at radius 3 is 2.40 bits per heavy atom. The number of rotatable bonds is 12. The van der Waals surface area contributed by atoms with Crippen molar-refractivity contribution in [2.75, 3.05) is 52.9 Å². The molecule has 0 fully saturated rings. The first kappa shape index (κ1) is 26.2. The maximum absolute atomic E-state index is 11.6. The van der Waals surface area contributed by atoms with Crippen LogP contribution in [-0.4, -0.2) is 74.4 Å². The van der Waals surface area contributed by atoms with Gasteiger partial charge in [-0.15, -0.1) is 0 Å². The molecule has 0 aliphatic carbocycles. The highest BCUT2D eigenvalue weighted by Crippen LogP contribution is 2.35. The number of esters is 2. The van der Waals surface area contributed by atoms with Crippen LogP contribution in [0.3, 0.4) is 0 Å². The van der Waals surface area contributed by atoms with E-state index in [1.807, 2.05) is 30.3 Å². The molecule has 3 aromatic rings. The Balaban J connectivity index is 1.69. The highest BCUT2D eigenvalue weighted by atomic mass is 79.9. The number of nitrogens with zero attached hydrogens (tertiary/aromatic N) is 3. The number of methoxy groups -OCH3 is 3. The van der Waals surface area contributed by atoms with E-state index in [0.717, 1.165) is 15.5 Å². The number of carbonyl (C=O) groups is 2. The highest BCUT2D eigenvalue weighted by Gasteiger charge is 2.16. The van der Waals surface area contributed by atoms with Crippen LogP contribution in [0.15, 0.2) is 47.2 Å². The summed E-state index contributed by atoms with van der Waals surface area (Å²) in [4.78, 5) is 33.7. The highest BCUT2D eigenvalue weighted by molar-refractivity contribution is 9.10. The molecule has 0 saturated carbocycles. The molecule has 1 heterocycles. The minimum absolute atomic E-state index is 0.0183. The van der Waals surface area contributed by atoms with E-state index >= 15 is 0 Å². The predicted molar refractivity (Wildman–Crippen MR) is 134 cm³/mol. The van der Waals surface area contributed by atoms with E-state index in [1.54, 1.807) is 18.1 Å². The number of carbonyl (C=O) groups excluding carboxylic acids is 2. The first-order valence-electron chi connectivity index (χ1n) is 10.8. The van der Waals surface area contributed by atoms with E-state index in [1.165, 1.54) is 20.5 Å². The van der Waals surface area contributed by atoms with Gasteiger partial charge in [-0.05, 0) is 30.7 Å². The van der Waals surface area contributed by atoms with Crippen LogP contribution in [0, 0.1) is 0 Å². The van der Waals surface area contributed by atoms with Gasteiger partial charge < -0.3 is 24.3 Å². The lowest BCUT2D eigenvalue weighted by Crippen LogP contribution is -2.36. The van der Waals surface area contributed by atoms with Gasteiger partial charge in [0.15, 0.2) is 11.5 Å². The van der Waals surface area contributed by atoms with Gasteiger partial charge in [0.2, 0.25) is 0 Å². The van der Waals surface area contributed by atoms with Crippen molar-refractivity contribution in [1.29, 1.82) is 0 Å². The molecule has 1 aromatic heterocycles. The minimum atomic E-state index is -0.432. The standard InChI is InChI=1S/C24H27BrN4O6/c1-32-20-11-18-19(26-15-27-24(18)28-17-7-4-6-16(25)10-17)12-21(20)35-9-5-8-29(13-22(30)33-2)14-23(31)34-3/h4,6-7,10-12,15H,5,8-9,13-14H2,1-3H3,(H,26,27,28). The zero-order valence-corrected chi connectivity index (χ0v) is 21.3. The van der Waals surface area contributed by atoms with Crippen molar-refractivity contribution >= 4 is 50.3 Å². The maximum Gasteiger partial charge on any atom is 0.319 e. The number of benzene rings is 2. The van der Waals surface area contributed by atoms with Gasteiger partial charge in [-0.3, -0.25) is 14.5 Å². The average Bonchev–Trinajstić information content (AvgIpc) is 2.86. The summed E-state index contributed by atoms with van der Waals surface area (Å²) < 4.78 is 21.8. The number of aromatic nitrogens is 2. The summed E-state index contributed by atoms with van der Waals surface area (Å²) in [5.74, 6) is 0.834. The van der Waals surface area contributed by atoms with Gasteiger partial charge in [-0.25, -0.2) is 9.97 Å². The van der Waals surface area contributed by atoms with E-state index in [0.29, 0.717) is 42.4 Å². The van der Waals surface area contributed by atoms with Crippen molar-refractivity contribution in [2.45, 2.75) is 6.42 Å². The molecule has 0 unspecified atom stereocenters. The van der Waals surface area contributed by atoms with Gasteiger partial charge in [-0.1, -0.05) is 22.0 Å². The molecule has 10 nitrogen and oxygen atoms in total. The van der Waals surface area contributed by atoms with Crippen molar-refractivity contribution in [3.05, 3.63) is 47.2 Å². The van der Waals surface area contributed by atoms with E-state index in [9.17, 15) is 9.59 Å². The topological polar surface area (TPSA) is 112 Å². The van der Waals surface area contributed by atoms with E-state index in [4.69, 9.17) is 18.9 Å². The number of anilines is 2. The molecule has 0 amide bonds. The summed E-state index contributed by atoms with van der Waals surface area (Å²) >= 11 is 3.47. The zero-order chi connectivity index (χ0) is 25.2. The normalized spacial score (nSPS) is 10.8. The zero-order valence-electron chi connectivity index (χ0n) is 19.7. The summed E-state index contributed by atoms with van der Waals surface area (Å²) in [6, 6.07) is 11.4. The van der Waals surface area contributed by atoms with Crippen LogP contribution in [0.1, 0.15) is 6.42 Å². The molecule has 0 radical (unpaired) electrons. The lowest BCUT2D eigenvalue weighted by molar-refractivity contribution is -0.145. The molecule has 3 rings (SSSR count). The van der Waals surface area contributed by atoms with Crippen molar-refractivity contribution < 1.29 is 28.5 Å². The lowest BCUT2D eigenvalue weighted by Gasteiger charge is -2.20. The van der Waals surface area contributed by atoms with E-state index in [2.05, 4.69) is 31.2 Å². The molecule has 35 heavy (non-hydrogen) atoms. The summed E-state index contributed by atoms with van der Waals surface area (Å²) in [5, 5.41) is 4.08. The third-order valence-electron chi connectivity index (χ3n) is 5.05. The Morgan fingerprint density at radius 2 is 1.74 bits per heavy atom. The van der Waals surface area contributed by atoms with Crippen LogP contribution in [0.5, 0.6) is 11.5 Å². The molecule has 0 bridgehead atoms. The molecule has 0 aliphatic rings. The quantitative estimate of drug-likeness (QED) is 0.267. The average molecular weight is 547 g/mol. The summed E-state index contributed by atoms with van der Waals surface area (Å²) in [6.45, 7) is 0.725. The number of halogens is 1. The molecule has 1 N–H and O–H groups in total. The second-order valence-electron chi connectivity index (χ2n) is 7.44. The van der Waals surface area contributed by atoms with Crippen molar-refractivity contribution in [3.8, 4) is 11.5 Å². The second-order valence-corrected chi connectivity index (χ2v) is 8.36. The number of nitrogens with one attached hydrogen (secondary N) is 1. The fourth-order valence-corrected chi connectivity index (χ4v) is 3.72. The molecule has 2 aromatic carbocycles. The largest absolute Gasteiger partial charge is 0.493 e. The van der Waals surface area contributed by atoms with E-state index < -0.39 is 11.9 Å². The Morgan fingerprint density at radius 1 is 1.00 bits per heavy atom. The molecule has 0 atom stereocenters. The lowest BCUT2D eigenvalue weighted by atomic mass is 10.2. The molecular formula is C24H27BrN4O6. The van der Waals surface area contributed by atoms with Crippen LogP contribution in [0.4, 0.5) is 11.5 Å². The Labute approximate surface area is 211 Å². The summed E-state index contributed by atoms with van der Waals surface area (Å²) in [5.41, 5.74) is 1.56. The van der Waals surface area contributed by atoms with Gasteiger partial charge >= 0.3 is 11.9 Å². The number of hydrogen-bond donors (Lipinski definition) is 1. The van der Waals surface area contributed by atoms with Crippen molar-refractivity contribution in [2.24, 2.45) is 0 Å². The Hall–Kier alpha value is -3.44. The van der Waals surface area contributed by atoms with E-state index in [-0.39, 0.29) is 13.1 Å². The van der Waals surface area contributed by atoms with Gasteiger partial charge in [0.25, 0.3) is 0 Å². The van der Waals surface area contributed by atoms with Gasteiger partial charge in [-0.2, -0.15) is 0 Å². The fourth-order valence-electron chi connectivity index (χ4n) is 3.32. The van der Waals surface area contributed by atoms with Gasteiger partial charge in [0, 0.05) is 28.2 Å².